The highest BCUT2D eigenvalue weighted by Crippen LogP contribution is 2.30. The van der Waals surface area contributed by atoms with E-state index >= 15 is 0 Å². The summed E-state index contributed by atoms with van der Waals surface area (Å²) in [7, 11) is 3.71. The molecule has 0 bridgehead atoms. The maximum absolute atomic E-state index is 5.66. The molecule has 0 radical (unpaired) electrons. The van der Waals surface area contributed by atoms with E-state index in [2.05, 4.69) is 22.8 Å². The summed E-state index contributed by atoms with van der Waals surface area (Å²) in [6.07, 6.45) is 0.863. The molecule has 0 aliphatic rings. The summed E-state index contributed by atoms with van der Waals surface area (Å²) in [5, 5.41) is 0. The van der Waals surface area contributed by atoms with Crippen LogP contribution in [-0.2, 0) is 13.5 Å². The van der Waals surface area contributed by atoms with E-state index in [0.29, 0.717) is 6.54 Å². The smallest absolute Gasteiger partial charge is 0.193 e. The Bertz CT molecular complexity index is 488. The van der Waals surface area contributed by atoms with E-state index in [4.69, 9.17) is 10.5 Å². The lowest BCUT2D eigenvalue weighted by Gasteiger charge is -2.08. The molecule has 2 aromatic rings. The van der Waals surface area contributed by atoms with Gasteiger partial charge in [0.15, 0.2) is 5.88 Å². The van der Waals surface area contributed by atoms with E-state index in [1.165, 1.54) is 16.8 Å². The van der Waals surface area contributed by atoms with Crippen LogP contribution in [0.4, 0.5) is 0 Å². The second-order valence-corrected chi connectivity index (χ2v) is 4.02. The number of hydrogen-bond acceptors (Lipinski definition) is 2. The molecule has 0 aliphatic heterocycles. The van der Waals surface area contributed by atoms with Gasteiger partial charge in [-0.3, -0.25) is 0 Å². The fourth-order valence-electron chi connectivity index (χ4n) is 2.16. The molecular weight excluding hydrogens is 212 g/mol. The second kappa shape index (κ2) is 5.06. The normalized spacial score (nSPS) is 10.5. The number of benzene rings is 1. The highest BCUT2D eigenvalue weighted by molar-refractivity contribution is 5.66. The molecule has 0 saturated carbocycles. The Balaban J connectivity index is 2.54. The lowest BCUT2D eigenvalue weighted by Crippen LogP contribution is -2.04. The molecule has 0 fully saturated rings. The van der Waals surface area contributed by atoms with Gasteiger partial charge in [-0.1, -0.05) is 30.3 Å². The molecule has 0 saturated heterocycles. The summed E-state index contributed by atoms with van der Waals surface area (Å²) >= 11 is 0. The van der Waals surface area contributed by atoms with Crippen LogP contribution in [0.25, 0.3) is 11.3 Å². The molecule has 17 heavy (non-hydrogen) atoms. The van der Waals surface area contributed by atoms with Gasteiger partial charge in [-0.2, -0.15) is 0 Å². The lowest BCUT2D eigenvalue weighted by molar-refractivity contribution is 0.383. The molecule has 0 aliphatic carbocycles. The first-order valence-corrected chi connectivity index (χ1v) is 5.76. The van der Waals surface area contributed by atoms with Crippen molar-refractivity contribution in [1.29, 1.82) is 0 Å². The number of aromatic nitrogens is 1. The number of methoxy groups -OCH3 is 1. The fraction of sp³-hybridized carbons (Fsp3) is 0.286. The monoisotopic (exact) mass is 230 g/mol. The van der Waals surface area contributed by atoms with Gasteiger partial charge < -0.3 is 15.0 Å². The third kappa shape index (κ3) is 2.19. The minimum atomic E-state index is 0.646. The van der Waals surface area contributed by atoms with Crippen LogP contribution in [0.3, 0.4) is 0 Å². The maximum atomic E-state index is 5.66. The number of hydrogen-bond donors (Lipinski definition) is 1. The van der Waals surface area contributed by atoms with Crippen LogP contribution in [-0.4, -0.2) is 18.2 Å². The Hall–Kier alpha value is -1.74. The van der Waals surface area contributed by atoms with Crippen molar-refractivity contribution in [3.63, 3.8) is 0 Å². The third-order valence-corrected chi connectivity index (χ3v) is 2.94. The first kappa shape index (κ1) is 11.7. The van der Waals surface area contributed by atoms with Gasteiger partial charge in [0.25, 0.3) is 0 Å². The van der Waals surface area contributed by atoms with Crippen molar-refractivity contribution < 1.29 is 4.74 Å². The molecule has 3 nitrogen and oxygen atoms in total. The quantitative estimate of drug-likeness (QED) is 0.874. The molecule has 2 rings (SSSR count). The van der Waals surface area contributed by atoms with Gasteiger partial charge in [-0.25, -0.2) is 0 Å². The van der Waals surface area contributed by atoms with Crippen molar-refractivity contribution in [3.8, 4) is 17.1 Å². The second-order valence-electron chi connectivity index (χ2n) is 4.02. The van der Waals surface area contributed by atoms with Crippen molar-refractivity contribution in [1.82, 2.24) is 4.57 Å². The first-order chi connectivity index (χ1) is 8.27. The Morgan fingerprint density at radius 3 is 2.53 bits per heavy atom. The molecule has 2 N–H and O–H groups in total. The third-order valence-electron chi connectivity index (χ3n) is 2.94. The molecule has 3 heteroatoms. The van der Waals surface area contributed by atoms with Gasteiger partial charge in [0.05, 0.1) is 12.8 Å². The highest BCUT2D eigenvalue weighted by atomic mass is 16.5. The summed E-state index contributed by atoms with van der Waals surface area (Å²) in [4.78, 5) is 0. The van der Waals surface area contributed by atoms with Crippen molar-refractivity contribution in [2.45, 2.75) is 6.42 Å². The molecule has 90 valence electrons. The average Bonchev–Trinajstić information content (AvgIpc) is 2.67. The van der Waals surface area contributed by atoms with E-state index in [0.717, 1.165) is 12.3 Å². The maximum Gasteiger partial charge on any atom is 0.193 e. The zero-order chi connectivity index (χ0) is 12.3. The molecule has 1 aromatic heterocycles. The summed E-state index contributed by atoms with van der Waals surface area (Å²) in [6, 6.07) is 12.4. The highest BCUT2D eigenvalue weighted by Gasteiger charge is 2.13. The van der Waals surface area contributed by atoms with E-state index in [-0.39, 0.29) is 0 Å². The van der Waals surface area contributed by atoms with E-state index in [1.54, 1.807) is 7.11 Å². The minimum absolute atomic E-state index is 0.646. The van der Waals surface area contributed by atoms with Crippen LogP contribution in [0.1, 0.15) is 5.56 Å². The Morgan fingerprint density at radius 1 is 1.24 bits per heavy atom. The topological polar surface area (TPSA) is 40.2 Å². The zero-order valence-electron chi connectivity index (χ0n) is 10.3. The predicted molar refractivity (Wildman–Crippen MR) is 70.2 cm³/mol. The van der Waals surface area contributed by atoms with Crippen LogP contribution in [0.15, 0.2) is 36.4 Å². The Labute approximate surface area is 102 Å². The summed E-state index contributed by atoms with van der Waals surface area (Å²) in [6.45, 7) is 0.646. The van der Waals surface area contributed by atoms with Crippen molar-refractivity contribution in [2.24, 2.45) is 12.8 Å². The van der Waals surface area contributed by atoms with Crippen LogP contribution in [0.2, 0.25) is 0 Å². The largest absolute Gasteiger partial charge is 0.482 e. The SMILES string of the molecule is COc1cc(CCN)c(-c2ccccc2)n1C. The standard InChI is InChI=1S/C14H18N2O/c1-16-13(17-2)10-12(8-9-15)14(16)11-6-4-3-5-7-11/h3-7,10H,8-9,15H2,1-2H3. The number of rotatable bonds is 4. The fourth-order valence-corrected chi connectivity index (χ4v) is 2.16. The molecule has 0 amide bonds. The molecule has 0 spiro atoms. The van der Waals surface area contributed by atoms with Crippen LogP contribution >= 0.6 is 0 Å². The van der Waals surface area contributed by atoms with Crippen molar-refractivity contribution in [2.75, 3.05) is 13.7 Å². The van der Waals surface area contributed by atoms with Crippen molar-refractivity contribution in [3.05, 3.63) is 42.0 Å². The molecular formula is C14H18N2O. The summed E-state index contributed by atoms with van der Waals surface area (Å²) < 4.78 is 7.43. The Kier molecular flexibility index (Phi) is 3.49. The van der Waals surface area contributed by atoms with Crippen molar-refractivity contribution >= 4 is 0 Å². The summed E-state index contributed by atoms with van der Waals surface area (Å²) in [5.74, 6) is 0.868. The molecule has 1 heterocycles. The average molecular weight is 230 g/mol. The number of nitrogens with two attached hydrogens (primary N) is 1. The minimum Gasteiger partial charge on any atom is -0.482 e. The Morgan fingerprint density at radius 2 is 1.94 bits per heavy atom. The van der Waals surface area contributed by atoms with Gasteiger partial charge in [-0.15, -0.1) is 0 Å². The number of ether oxygens (including phenoxy) is 1. The van der Waals surface area contributed by atoms with Gasteiger partial charge in [-0.05, 0) is 24.1 Å². The van der Waals surface area contributed by atoms with Gasteiger partial charge in [0, 0.05) is 13.1 Å². The first-order valence-electron chi connectivity index (χ1n) is 5.76. The van der Waals surface area contributed by atoms with Crippen LogP contribution in [0.5, 0.6) is 5.88 Å². The molecule has 0 unspecified atom stereocenters. The predicted octanol–water partition coefficient (Wildman–Crippen LogP) is 2.20. The lowest BCUT2D eigenvalue weighted by atomic mass is 10.1. The van der Waals surface area contributed by atoms with E-state index < -0.39 is 0 Å². The van der Waals surface area contributed by atoms with E-state index in [1.807, 2.05) is 25.2 Å². The van der Waals surface area contributed by atoms with Gasteiger partial charge >= 0.3 is 0 Å². The van der Waals surface area contributed by atoms with Gasteiger partial charge in [0.1, 0.15) is 0 Å². The summed E-state index contributed by atoms with van der Waals surface area (Å²) in [5.41, 5.74) is 9.28. The zero-order valence-corrected chi connectivity index (χ0v) is 10.3. The van der Waals surface area contributed by atoms with Crippen LogP contribution in [0, 0.1) is 0 Å². The molecule has 0 atom stereocenters. The van der Waals surface area contributed by atoms with E-state index in [9.17, 15) is 0 Å². The van der Waals surface area contributed by atoms with Gasteiger partial charge in [0.2, 0.25) is 0 Å². The number of nitrogens with zero attached hydrogens (tertiary/aromatic N) is 1. The molecule has 1 aromatic carbocycles. The van der Waals surface area contributed by atoms with Crippen LogP contribution < -0.4 is 10.5 Å².